The number of nitrogens with zero attached hydrogens (tertiary/aromatic N) is 2. The summed E-state index contributed by atoms with van der Waals surface area (Å²) in [7, 11) is 5.23. The minimum Gasteiger partial charge on any atom is -0.465 e. The van der Waals surface area contributed by atoms with Crippen molar-refractivity contribution < 1.29 is 14.1 Å². The number of anilines is 1. The molecule has 0 fully saturated rings. The third kappa shape index (κ3) is 5.18. The molecule has 0 amide bonds. The van der Waals surface area contributed by atoms with Gasteiger partial charge in [0.2, 0.25) is 0 Å². The van der Waals surface area contributed by atoms with E-state index >= 15 is 0 Å². The van der Waals surface area contributed by atoms with E-state index in [0.29, 0.717) is 5.56 Å². The number of hydrogen-bond donors (Lipinski definition) is 0. The molecule has 1 aromatic carbocycles. The van der Waals surface area contributed by atoms with Crippen LogP contribution in [-0.2, 0) is 11.3 Å². The van der Waals surface area contributed by atoms with E-state index in [1.807, 2.05) is 43.3 Å². The van der Waals surface area contributed by atoms with Gasteiger partial charge in [-0.05, 0) is 23.3 Å². The van der Waals surface area contributed by atoms with E-state index in [0.717, 1.165) is 23.4 Å². The molecule has 4 heteroatoms. The molecular weight excluding hydrogens is 312 g/mol. The van der Waals surface area contributed by atoms with E-state index in [1.54, 1.807) is 0 Å². The lowest BCUT2D eigenvalue weighted by atomic mass is 10.1. The van der Waals surface area contributed by atoms with Gasteiger partial charge in [-0.2, -0.15) is 0 Å². The maximum atomic E-state index is 12.0. The number of benzene rings is 1. The van der Waals surface area contributed by atoms with Gasteiger partial charge in [-0.3, -0.25) is 0 Å². The van der Waals surface area contributed by atoms with Crippen molar-refractivity contribution in [2.45, 2.75) is 26.3 Å². The first-order valence-corrected chi connectivity index (χ1v) is 8.62. The van der Waals surface area contributed by atoms with Crippen LogP contribution < -0.4 is 9.47 Å². The fourth-order valence-electron chi connectivity index (χ4n) is 2.58. The van der Waals surface area contributed by atoms with Crippen LogP contribution in [0.15, 0.2) is 42.7 Å². The summed E-state index contributed by atoms with van der Waals surface area (Å²) in [6.07, 6.45) is 10.6. The molecule has 0 unspecified atom stereocenters. The maximum Gasteiger partial charge on any atom is 0.339 e. The number of carbonyl (C=O) groups excluding carboxylic acids is 1. The highest BCUT2D eigenvalue weighted by Gasteiger charge is 2.13. The molecule has 2 aromatic rings. The Morgan fingerprint density at radius 1 is 1.12 bits per heavy atom. The fourth-order valence-corrected chi connectivity index (χ4v) is 2.58. The highest BCUT2D eigenvalue weighted by Crippen LogP contribution is 2.22. The van der Waals surface area contributed by atoms with Gasteiger partial charge in [0.25, 0.3) is 0 Å². The van der Waals surface area contributed by atoms with Crippen LogP contribution in [0.1, 0.15) is 41.3 Å². The van der Waals surface area contributed by atoms with Crippen molar-refractivity contribution >= 4 is 23.8 Å². The number of ether oxygens (including phenoxy) is 1. The van der Waals surface area contributed by atoms with Gasteiger partial charge in [0.05, 0.1) is 18.4 Å². The van der Waals surface area contributed by atoms with Crippen LogP contribution in [0.2, 0.25) is 0 Å². The van der Waals surface area contributed by atoms with Gasteiger partial charge in [-0.15, -0.1) is 0 Å². The Bertz CT molecular complexity index is 734. The third-order valence-corrected chi connectivity index (χ3v) is 4.06. The molecular formula is C21H27N2O2+. The van der Waals surface area contributed by atoms with E-state index in [9.17, 15) is 4.79 Å². The molecule has 0 saturated carbocycles. The minimum absolute atomic E-state index is 0.323. The van der Waals surface area contributed by atoms with Crippen molar-refractivity contribution in [1.29, 1.82) is 0 Å². The lowest BCUT2D eigenvalue weighted by Crippen LogP contribution is -2.32. The molecule has 0 N–H and O–H groups in total. The van der Waals surface area contributed by atoms with Crippen LogP contribution in [0.25, 0.3) is 12.2 Å². The van der Waals surface area contributed by atoms with Gasteiger partial charge < -0.3 is 9.64 Å². The summed E-state index contributed by atoms with van der Waals surface area (Å²) in [5.41, 5.74) is 3.51. The van der Waals surface area contributed by atoms with Crippen molar-refractivity contribution in [2.24, 2.45) is 0 Å². The van der Waals surface area contributed by atoms with E-state index in [-0.39, 0.29) is 5.97 Å². The van der Waals surface area contributed by atoms with Crippen molar-refractivity contribution in [1.82, 2.24) is 0 Å². The van der Waals surface area contributed by atoms with E-state index < -0.39 is 0 Å². The van der Waals surface area contributed by atoms with Crippen LogP contribution >= 0.6 is 0 Å². The Labute approximate surface area is 150 Å². The standard InChI is InChI=1S/C21H27N2O2/c1-5-6-13-23-14-11-17(12-15-23)7-8-18-9-10-20(22(2)3)19(16-18)21(24)25-4/h7-12,14-16H,5-6,13H2,1-4H3/q+1. The second-order valence-electron chi connectivity index (χ2n) is 6.22. The molecule has 0 spiro atoms. The Balaban J connectivity index is 2.19. The van der Waals surface area contributed by atoms with Crippen molar-refractivity contribution in [2.75, 3.05) is 26.1 Å². The Hall–Kier alpha value is -2.62. The number of methoxy groups -OCH3 is 1. The average molecular weight is 339 g/mol. The molecule has 0 aliphatic heterocycles. The first-order chi connectivity index (χ1) is 12.0. The van der Waals surface area contributed by atoms with E-state index in [2.05, 4.69) is 42.1 Å². The second kappa shape index (κ2) is 9.02. The number of hydrogen-bond acceptors (Lipinski definition) is 3. The number of carbonyl (C=O) groups is 1. The maximum absolute atomic E-state index is 12.0. The van der Waals surface area contributed by atoms with Crippen LogP contribution in [0.3, 0.4) is 0 Å². The van der Waals surface area contributed by atoms with Gasteiger partial charge in [0, 0.05) is 32.6 Å². The zero-order valence-corrected chi connectivity index (χ0v) is 15.5. The molecule has 2 rings (SSSR count). The van der Waals surface area contributed by atoms with Gasteiger partial charge in [0.15, 0.2) is 12.4 Å². The summed E-state index contributed by atoms with van der Waals surface area (Å²) < 4.78 is 7.09. The van der Waals surface area contributed by atoms with Crippen LogP contribution in [0.5, 0.6) is 0 Å². The SMILES string of the molecule is CCCC[n+]1ccc(C=Cc2ccc(N(C)C)c(C(=O)OC)c2)cc1. The van der Waals surface area contributed by atoms with Gasteiger partial charge in [0.1, 0.15) is 6.54 Å². The predicted molar refractivity (Wildman–Crippen MR) is 103 cm³/mol. The number of aryl methyl sites for hydroxylation is 1. The first-order valence-electron chi connectivity index (χ1n) is 8.62. The van der Waals surface area contributed by atoms with Crippen LogP contribution in [0.4, 0.5) is 5.69 Å². The number of aromatic nitrogens is 1. The number of unbranched alkanes of at least 4 members (excludes halogenated alkanes) is 1. The topological polar surface area (TPSA) is 33.4 Å². The van der Waals surface area contributed by atoms with Gasteiger partial charge in [-0.1, -0.05) is 31.6 Å². The molecule has 1 aromatic heterocycles. The van der Waals surface area contributed by atoms with E-state index in [4.69, 9.17) is 4.74 Å². The van der Waals surface area contributed by atoms with Crippen LogP contribution in [-0.4, -0.2) is 27.2 Å². The van der Waals surface area contributed by atoms with Gasteiger partial charge in [-0.25, -0.2) is 9.36 Å². The molecule has 0 bridgehead atoms. The second-order valence-corrected chi connectivity index (χ2v) is 6.22. The Morgan fingerprint density at radius 3 is 2.40 bits per heavy atom. The zero-order chi connectivity index (χ0) is 18.2. The normalized spacial score (nSPS) is 10.9. The number of rotatable bonds is 7. The molecule has 0 radical (unpaired) electrons. The first kappa shape index (κ1) is 18.7. The molecule has 0 aliphatic carbocycles. The molecule has 0 aliphatic rings. The Morgan fingerprint density at radius 2 is 1.80 bits per heavy atom. The lowest BCUT2D eigenvalue weighted by Gasteiger charge is -2.16. The highest BCUT2D eigenvalue weighted by molar-refractivity contribution is 5.96. The zero-order valence-electron chi connectivity index (χ0n) is 15.5. The molecule has 132 valence electrons. The number of pyridine rings is 1. The molecule has 1 heterocycles. The van der Waals surface area contributed by atoms with Crippen molar-refractivity contribution in [3.63, 3.8) is 0 Å². The summed E-state index contributed by atoms with van der Waals surface area (Å²) in [6.45, 7) is 3.25. The summed E-state index contributed by atoms with van der Waals surface area (Å²) in [5.74, 6) is -0.323. The monoisotopic (exact) mass is 339 g/mol. The van der Waals surface area contributed by atoms with E-state index in [1.165, 1.54) is 20.0 Å². The predicted octanol–water partition coefficient (Wildman–Crippen LogP) is 3.80. The van der Waals surface area contributed by atoms with Crippen molar-refractivity contribution in [3.05, 3.63) is 59.4 Å². The Kier molecular flexibility index (Phi) is 6.75. The summed E-state index contributed by atoms with van der Waals surface area (Å²) >= 11 is 0. The molecule has 25 heavy (non-hydrogen) atoms. The summed E-state index contributed by atoms with van der Waals surface area (Å²) in [6, 6.07) is 10.0. The van der Waals surface area contributed by atoms with Crippen LogP contribution in [0, 0.1) is 0 Å². The summed E-state index contributed by atoms with van der Waals surface area (Å²) in [5, 5.41) is 0. The number of esters is 1. The summed E-state index contributed by atoms with van der Waals surface area (Å²) in [4.78, 5) is 13.9. The minimum atomic E-state index is -0.323. The quantitative estimate of drug-likeness (QED) is 0.568. The molecule has 0 saturated heterocycles. The molecule has 0 atom stereocenters. The smallest absolute Gasteiger partial charge is 0.339 e. The van der Waals surface area contributed by atoms with Crippen molar-refractivity contribution in [3.8, 4) is 0 Å². The highest BCUT2D eigenvalue weighted by atomic mass is 16.5. The lowest BCUT2D eigenvalue weighted by molar-refractivity contribution is -0.697. The fraction of sp³-hybridized carbons (Fsp3) is 0.333. The molecule has 4 nitrogen and oxygen atoms in total. The average Bonchev–Trinajstić information content (AvgIpc) is 2.64. The van der Waals surface area contributed by atoms with Gasteiger partial charge >= 0.3 is 5.97 Å². The largest absolute Gasteiger partial charge is 0.465 e. The third-order valence-electron chi connectivity index (χ3n) is 4.06.